The molecule has 3 nitrogen and oxygen atoms in total. The number of nitrogens with two attached hydrogens (primary N) is 1. The summed E-state index contributed by atoms with van der Waals surface area (Å²) in [6.07, 6.45) is 2.17. The van der Waals surface area contributed by atoms with Crippen LogP contribution < -0.4 is 10.5 Å². The molecule has 2 rings (SSSR count). The van der Waals surface area contributed by atoms with Crippen LogP contribution in [-0.4, -0.2) is 32.1 Å². The van der Waals surface area contributed by atoms with Gasteiger partial charge in [-0.05, 0) is 43.1 Å². The molecule has 0 radical (unpaired) electrons. The molecule has 1 aliphatic heterocycles. The molecule has 15 heavy (non-hydrogen) atoms. The average molecular weight is 206 g/mol. The largest absolute Gasteiger partial charge is 0.495 e. The highest BCUT2D eigenvalue weighted by Gasteiger charge is 2.13. The summed E-state index contributed by atoms with van der Waals surface area (Å²) in [5, 5.41) is 0. The summed E-state index contributed by atoms with van der Waals surface area (Å²) in [6.45, 7) is 2.22. The van der Waals surface area contributed by atoms with Crippen LogP contribution in [0.1, 0.15) is 11.1 Å². The molecular formula is C12H18N2O. The normalized spacial score (nSPS) is 16.9. The highest BCUT2D eigenvalue weighted by molar-refractivity contribution is 5.57. The van der Waals surface area contributed by atoms with Gasteiger partial charge in [-0.25, -0.2) is 0 Å². The van der Waals surface area contributed by atoms with E-state index in [2.05, 4.69) is 24.1 Å². The van der Waals surface area contributed by atoms with E-state index < -0.39 is 0 Å². The van der Waals surface area contributed by atoms with Gasteiger partial charge in [0.25, 0.3) is 0 Å². The number of methoxy groups -OCH3 is 1. The first-order valence-electron chi connectivity index (χ1n) is 5.34. The van der Waals surface area contributed by atoms with Crippen molar-refractivity contribution < 1.29 is 4.74 Å². The second-order valence-electron chi connectivity index (χ2n) is 4.17. The zero-order chi connectivity index (χ0) is 10.8. The van der Waals surface area contributed by atoms with E-state index in [0.29, 0.717) is 0 Å². The molecule has 1 aromatic carbocycles. The second-order valence-corrected chi connectivity index (χ2v) is 4.17. The van der Waals surface area contributed by atoms with Crippen LogP contribution in [0.2, 0.25) is 0 Å². The number of likely N-dealkylation sites (N-methyl/N-ethyl adjacent to an activating group) is 1. The molecule has 1 aromatic rings. The number of fused-ring (bicyclic) bond motifs is 1. The van der Waals surface area contributed by atoms with E-state index in [1.54, 1.807) is 7.11 Å². The smallest absolute Gasteiger partial charge is 0.142 e. The van der Waals surface area contributed by atoms with Crippen molar-refractivity contribution in [1.29, 1.82) is 0 Å². The van der Waals surface area contributed by atoms with Crippen LogP contribution >= 0.6 is 0 Å². The summed E-state index contributed by atoms with van der Waals surface area (Å²) in [5.74, 6) is 0.804. The van der Waals surface area contributed by atoms with E-state index >= 15 is 0 Å². The second kappa shape index (κ2) is 4.11. The Labute approximate surface area is 90.8 Å². The lowest BCUT2D eigenvalue weighted by Crippen LogP contribution is -2.20. The third-order valence-electron chi connectivity index (χ3n) is 3.08. The highest BCUT2D eigenvalue weighted by Crippen LogP contribution is 2.27. The number of ether oxygens (including phenoxy) is 1. The molecule has 1 heterocycles. The molecule has 0 saturated heterocycles. The lowest BCUT2D eigenvalue weighted by molar-refractivity contribution is 0.352. The lowest BCUT2D eigenvalue weighted by Gasteiger charge is -2.10. The number of rotatable bonds is 1. The molecule has 0 aromatic heterocycles. The van der Waals surface area contributed by atoms with Gasteiger partial charge in [0, 0.05) is 13.1 Å². The first kappa shape index (κ1) is 10.3. The lowest BCUT2D eigenvalue weighted by atomic mass is 10.0. The molecule has 0 atom stereocenters. The minimum Gasteiger partial charge on any atom is -0.495 e. The molecule has 0 bridgehead atoms. The molecule has 0 spiro atoms. The molecule has 0 unspecified atom stereocenters. The van der Waals surface area contributed by atoms with Crippen LogP contribution in [-0.2, 0) is 12.8 Å². The van der Waals surface area contributed by atoms with Crippen molar-refractivity contribution in [2.45, 2.75) is 12.8 Å². The summed E-state index contributed by atoms with van der Waals surface area (Å²) < 4.78 is 5.24. The molecular weight excluding hydrogens is 188 g/mol. The quantitative estimate of drug-likeness (QED) is 0.704. The minimum atomic E-state index is 0.751. The Kier molecular flexibility index (Phi) is 2.82. The monoisotopic (exact) mass is 206 g/mol. The molecule has 0 saturated carbocycles. The van der Waals surface area contributed by atoms with Gasteiger partial charge in [-0.1, -0.05) is 0 Å². The van der Waals surface area contributed by atoms with Crippen LogP contribution in [0.4, 0.5) is 5.69 Å². The van der Waals surface area contributed by atoms with Gasteiger partial charge < -0.3 is 15.4 Å². The predicted molar refractivity (Wildman–Crippen MR) is 62.3 cm³/mol. The van der Waals surface area contributed by atoms with Crippen molar-refractivity contribution in [2.24, 2.45) is 0 Å². The number of hydrogen-bond donors (Lipinski definition) is 1. The van der Waals surface area contributed by atoms with E-state index in [1.165, 1.54) is 11.1 Å². The Morgan fingerprint density at radius 1 is 1.20 bits per heavy atom. The highest BCUT2D eigenvalue weighted by atomic mass is 16.5. The number of benzene rings is 1. The van der Waals surface area contributed by atoms with Crippen LogP contribution in [0.25, 0.3) is 0 Å². The summed E-state index contributed by atoms with van der Waals surface area (Å²) in [7, 11) is 3.83. The molecule has 0 fully saturated rings. The first-order valence-corrected chi connectivity index (χ1v) is 5.34. The molecule has 3 heteroatoms. The SMILES string of the molecule is COc1cc2c(cc1N)CCN(C)CC2. The van der Waals surface area contributed by atoms with Gasteiger partial charge in [-0.2, -0.15) is 0 Å². The Hall–Kier alpha value is -1.22. The van der Waals surface area contributed by atoms with Crippen molar-refractivity contribution >= 4 is 5.69 Å². The van der Waals surface area contributed by atoms with Crippen LogP contribution in [0.3, 0.4) is 0 Å². The fourth-order valence-electron chi connectivity index (χ4n) is 2.06. The Bertz CT molecular complexity index is 363. The first-order chi connectivity index (χ1) is 7.20. The van der Waals surface area contributed by atoms with Gasteiger partial charge in [-0.3, -0.25) is 0 Å². The van der Waals surface area contributed by atoms with Crippen molar-refractivity contribution in [1.82, 2.24) is 4.90 Å². The van der Waals surface area contributed by atoms with Gasteiger partial charge in [-0.15, -0.1) is 0 Å². The topological polar surface area (TPSA) is 38.5 Å². The maximum Gasteiger partial charge on any atom is 0.142 e. The molecule has 1 aliphatic rings. The Balaban J connectivity index is 2.36. The molecule has 0 amide bonds. The van der Waals surface area contributed by atoms with E-state index in [-0.39, 0.29) is 0 Å². The number of nitrogen functional groups attached to an aromatic ring is 1. The fraction of sp³-hybridized carbons (Fsp3) is 0.500. The minimum absolute atomic E-state index is 0.751. The number of nitrogens with zero attached hydrogens (tertiary/aromatic N) is 1. The van der Waals surface area contributed by atoms with Crippen molar-refractivity contribution in [3.05, 3.63) is 23.3 Å². The third kappa shape index (κ3) is 2.07. The van der Waals surface area contributed by atoms with Crippen molar-refractivity contribution in [3.63, 3.8) is 0 Å². The molecule has 2 N–H and O–H groups in total. The van der Waals surface area contributed by atoms with Crippen LogP contribution in [0, 0.1) is 0 Å². The maximum atomic E-state index is 5.90. The number of hydrogen-bond acceptors (Lipinski definition) is 3. The Morgan fingerprint density at radius 3 is 2.40 bits per heavy atom. The van der Waals surface area contributed by atoms with Crippen LogP contribution in [0.15, 0.2) is 12.1 Å². The van der Waals surface area contributed by atoms with Crippen LogP contribution in [0.5, 0.6) is 5.75 Å². The predicted octanol–water partition coefficient (Wildman–Crippen LogP) is 1.31. The van der Waals surface area contributed by atoms with Gasteiger partial charge in [0.05, 0.1) is 12.8 Å². The summed E-state index contributed by atoms with van der Waals surface area (Å²) >= 11 is 0. The Morgan fingerprint density at radius 2 is 1.80 bits per heavy atom. The van der Waals surface area contributed by atoms with Gasteiger partial charge in [0.2, 0.25) is 0 Å². The zero-order valence-electron chi connectivity index (χ0n) is 9.42. The fourth-order valence-corrected chi connectivity index (χ4v) is 2.06. The standard InChI is InChI=1S/C12H18N2O/c1-14-5-3-9-7-11(13)12(15-2)8-10(9)4-6-14/h7-8H,3-6,13H2,1-2H3. The molecule has 82 valence electrons. The summed E-state index contributed by atoms with van der Waals surface area (Å²) in [5.41, 5.74) is 9.41. The van der Waals surface area contributed by atoms with Gasteiger partial charge >= 0.3 is 0 Å². The average Bonchev–Trinajstić information content (AvgIpc) is 2.40. The summed E-state index contributed by atoms with van der Waals surface area (Å²) in [4.78, 5) is 2.35. The number of anilines is 1. The van der Waals surface area contributed by atoms with Gasteiger partial charge in [0.1, 0.15) is 5.75 Å². The van der Waals surface area contributed by atoms with Crippen molar-refractivity contribution in [3.8, 4) is 5.75 Å². The third-order valence-corrected chi connectivity index (χ3v) is 3.08. The van der Waals surface area contributed by atoms with E-state index in [4.69, 9.17) is 10.5 Å². The summed E-state index contributed by atoms with van der Waals surface area (Å²) in [6, 6.07) is 4.15. The molecule has 0 aliphatic carbocycles. The van der Waals surface area contributed by atoms with Crippen molar-refractivity contribution in [2.75, 3.05) is 33.0 Å². The van der Waals surface area contributed by atoms with Gasteiger partial charge in [0.15, 0.2) is 0 Å². The maximum absolute atomic E-state index is 5.90. The van der Waals surface area contributed by atoms with E-state index in [1.807, 2.05) is 0 Å². The zero-order valence-corrected chi connectivity index (χ0v) is 9.42. The van der Waals surface area contributed by atoms with E-state index in [9.17, 15) is 0 Å². The van der Waals surface area contributed by atoms with E-state index in [0.717, 1.165) is 37.4 Å².